The van der Waals surface area contributed by atoms with Crippen LogP contribution in [0.1, 0.15) is 12.8 Å². The van der Waals surface area contributed by atoms with Crippen LogP contribution in [0.5, 0.6) is 0 Å². The van der Waals surface area contributed by atoms with Crippen LogP contribution >= 0.6 is 0 Å². The second kappa shape index (κ2) is 7.71. The zero-order valence-corrected chi connectivity index (χ0v) is 14.7. The van der Waals surface area contributed by atoms with Gasteiger partial charge in [0, 0.05) is 25.7 Å². The molecule has 23 heavy (non-hydrogen) atoms. The third-order valence-electron chi connectivity index (χ3n) is 3.96. The summed E-state index contributed by atoms with van der Waals surface area (Å²) in [5.41, 5.74) is 0. The Morgan fingerprint density at radius 3 is 2.26 bits per heavy atom. The first kappa shape index (κ1) is 18.3. The molecule has 1 aromatic carbocycles. The highest BCUT2D eigenvalue weighted by molar-refractivity contribution is 7.90. The van der Waals surface area contributed by atoms with Gasteiger partial charge in [-0.25, -0.2) is 25.9 Å². The minimum absolute atomic E-state index is 0.132. The number of hydrogen-bond acceptors (Lipinski definition) is 5. The van der Waals surface area contributed by atoms with E-state index in [0.717, 1.165) is 12.8 Å². The van der Waals surface area contributed by atoms with Gasteiger partial charge in [0.1, 0.15) is 0 Å². The molecule has 0 radical (unpaired) electrons. The molecule has 1 fully saturated rings. The van der Waals surface area contributed by atoms with Crippen LogP contribution in [0.15, 0.2) is 35.2 Å². The van der Waals surface area contributed by atoms with Gasteiger partial charge in [0.05, 0.1) is 10.6 Å². The summed E-state index contributed by atoms with van der Waals surface area (Å²) in [6.45, 7) is 0.810. The summed E-state index contributed by atoms with van der Waals surface area (Å²) in [5, 5.41) is 3.14. The van der Waals surface area contributed by atoms with Crippen molar-refractivity contribution in [1.29, 1.82) is 0 Å². The summed E-state index contributed by atoms with van der Waals surface area (Å²) < 4.78 is 52.4. The predicted octanol–water partition coefficient (Wildman–Crippen LogP) is -0.0215. The van der Waals surface area contributed by atoms with E-state index in [9.17, 15) is 16.8 Å². The van der Waals surface area contributed by atoms with Gasteiger partial charge in [-0.15, -0.1) is 0 Å². The molecule has 0 unspecified atom stereocenters. The SMILES string of the molecule is CNC1CCN(S(=O)(=O)CCNS(=O)(=O)c2ccccc2)CC1. The fourth-order valence-corrected chi connectivity index (χ4v) is 5.11. The number of nitrogens with zero attached hydrogens (tertiary/aromatic N) is 1. The minimum atomic E-state index is -3.67. The Labute approximate surface area is 138 Å². The first-order chi connectivity index (χ1) is 10.8. The van der Waals surface area contributed by atoms with Crippen molar-refractivity contribution in [3.05, 3.63) is 30.3 Å². The molecule has 9 heteroatoms. The van der Waals surface area contributed by atoms with Crippen molar-refractivity contribution < 1.29 is 16.8 Å². The zero-order chi connectivity index (χ0) is 16.9. The van der Waals surface area contributed by atoms with Crippen LogP contribution in [-0.4, -0.2) is 59.6 Å². The lowest BCUT2D eigenvalue weighted by molar-refractivity contribution is 0.298. The first-order valence-electron chi connectivity index (χ1n) is 7.55. The Kier molecular flexibility index (Phi) is 6.15. The van der Waals surface area contributed by atoms with Gasteiger partial charge in [-0.2, -0.15) is 0 Å². The standard InChI is InChI=1S/C14H23N3O4S2/c1-15-13-7-10-17(11-8-13)22(18,19)12-9-16-23(20,21)14-5-3-2-4-6-14/h2-6,13,15-16H,7-12H2,1H3. The fourth-order valence-electron chi connectivity index (χ4n) is 2.54. The van der Waals surface area contributed by atoms with Crippen LogP contribution in [-0.2, 0) is 20.0 Å². The molecule has 130 valence electrons. The van der Waals surface area contributed by atoms with E-state index in [4.69, 9.17) is 0 Å². The number of nitrogens with one attached hydrogen (secondary N) is 2. The fraction of sp³-hybridized carbons (Fsp3) is 0.571. The maximum Gasteiger partial charge on any atom is 0.240 e. The number of piperidine rings is 1. The average Bonchev–Trinajstić information content (AvgIpc) is 2.55. The largest absolute Gasteiger partial charge is 0.317 e. The van der Waals surface area contributed by atoms with Gasteiger partial charge < -0.3 is 5.32 Å². The summed E-state index contributed by atoms with van der Waals surface area (Å²) in [5.74, 6) is -0.233. The molecular weight excluding hydrogens is 338 g/mol. The van der Waals surface area contributed by atoms with E-state index < -0.39 is 20.0 Å². The molecule has 1 aliphatic rings. The van der Waals surface area contributed by atoms with E-state index in [1.165, 1.54) is 16.4 Å². The lowest BCUT2D eigenvalue weighted by Crippen LogP contribution is -2.45. The van der Waals surface area contributed by atoms with Gasteiger partial charge in [0.15, 0.2) is 0 Å². The van der Waals surface area contributed by atoms with Crippen LogP contribution in [0.2, 0.25) is 0 Å². The lowest BCUT2D eigenvalue weighted by atomic mass is 10.1. The number of benzene rings is 1. The Hall–Kier alpha value is -1.00. The Bertz CT molecular complexity index is 697. The van der Waals surface area contributed by atoms with Crippen LogP contribution in [0.25, 0.3) is 0 Å². The Morgan fingerprint density at radius 2 is 1.70 bits per heavy atom. The molecule has 0 saturated carbocycles. The molecule has 0 spiro atoms. The zero-order valence-electron chi connectivity index (χ0n) is 13.1. The molecular formula is C14H23N3O4S2. The monoisotopic (exact) mass is 361 g/mol. The smallest absolute Gasteiger partial charge is 0.240 e. The van der Waals surface area contributed by atoms with Gasteiger partial charge in [-0.3, -0.25) is 0 Å². The third kappa shape index (κ3) is 4.98. The third-order valence-corrected chi connectivity index (χ3v) is 7.31. The van der Waals surface area contributed by atoms with Crippen molar-refractivity contribution in [2.75, 3.05) is 32.4 Å². The average molecular weight is 361 g/mol. The van der Waals surface area contributed by atoms with Crippen LogP contribution < -0.4 is 10.0 Å². The molecule has 1 saturated heterocycles. The van der Waals surface area contributed by atoms with Gasteiger partial charge in [-0.1, -0.05) is 18.2 Å². The molecule has 1 aromatic rings. The molecule has 1 aliphatic heterocycles. The van der Waals surface area contributed by atoms with E-state index in [2.05, 4.69) is 10.0 Å². The van der Waals surface area contributed by atoms with E-state index in [0.29, 0.717) is 19.1 Å². The van der Waals surface area contributed by atoms with E-state index in [1.54, 1.807) is 18.2 Å². The van der Waals surface area contributed by atoms with Crippen molar-refractivity contribution in [2.45, 2.75) is 23.8 Å². The molecule has 1 heterocycles. The van der Waals surface area contributed by atoms with Crippen molar-refractivity contribution in [3.63, 3.8) is 0 Å². The minimum Gasteiger partial charge on any atom is -0.317 e. The van der Waals surface area contributed by atoms with E-state index in [1.807, 2.05) is 7.05 Å². The quantitative estimate of drug-likeness (QED) is 0.712. The molecule has 0 aliphatic carbocycles. The summed E-state index contributed by atoms with van der Waals surface area (Å²) >= 11 is 0. The normalized spacial score (nSPS) is 18.1. The summed E-state index contributed by atoms with van der Waals surface area (Å²) in [7, 11) is -5.24. The Balaban J connectivity index is 1.88. The van der Waals surface area contributed by atoms with Crippen molar-refractivity contribution >= 4 is 20.0 Å². The maximum atomic E-state index is 12.3. The molecule has 2 rings (SSSR count). The van der Waals surface area contributed by atoms with Crippen molar-refractivity contribution in [3.8, 4) is 0 Å². The van der Waals surface area contributed by atoms with Gasteiger partial charge in [0.25, 0.3) is 0 Å². The lowest BCUT2D eigenvalue weighted by Gasteiger charge is -2.30. The van der Waals surface area contributed by atoms with Crippen LogP contribution in [0, 0.1) is 0 Å². The molecule has 0 aromatic heterocycles. The summed E-state index contributed by atoms with van der Waals surface area (Å²) in [4.78, 5) is 0.132. The number of sulfonamides is 2. The molecule has 0 amide bonds. The van der Waals surface area contributed by atoms with Crippen LogP contribution in [0.4, 0.5) is 0 Å². The topological polar surface area (TPSA) is 95.6 Å². The van der Waals surface area contributed by atoms with E-state index >= 15 is 0 Å². The van der Waals surface area contributed by atoms with Crippen LogP contribution in [0.3, 0.4) is 0 Å². The molecule has 2 N–H and O–H groups in total. The highest BCUT2D eigenvalue weighted by Gasteiger charge is 2.27. The maximum absolute atomic E-state index is 12.3. The highest BCUT2D eigenvalue weighted by atomic mass is 32.2. The Morgan fingerprint density at radius 1 is 1.09 bits per heavy atom. The van der Waals surface area contributed by atoms with Gasteiger partial charge in [-0.05, 0) is 32.0 Å². The van der Waals surface area contributed by atoms with Gasteiger partial charge in [0.2, 0.25) is 20.0 Å². The van der Waals surface area contributed by atoms with Gasteiger partial charge >= 0.3 is 0 Å². The molecule has 7 nitrogen and oxygen atoms in total. The summed E-state index contributed by atoms with van der Waals surface area (Å²) in [6.07, 6.45) is 1.54. The molecule has 0 bridgehead atoms. The number of hydrogen-bond donors (Lipinski definition) is 2. The van der Waals surface area contributed by atoms with E-state index in [-0.39, 0.29) is 17.2 Å². The second-order valence-electron chi connectivity index (χ2n) is 5.49. The summed E-state index contributed by atoms with van der Waals surface area (Å²) in [6, 6.07) is 8.25. The number of rotatable bonds is 7. The predicted molar refractivity (Wildman–Crippen MR) is 89.1 cm³/mol. The highest BCUT2D eigenvalue weighted by Crippen LogP contribution is 2.14. The second-order valence-corrected chi connectivity index (χ2v) is 9.34. The molecule has 0 atom stereocenters. The first-order valence-corrected chi connectivity index (χ1v) is 10.6. The van der Waals surface area contributed by atoms with Crippen molar-refractivity contribution in [1.82, 2.24) is 14.3 Å². The van der Waals surface area contributed by atoms with Crippen molar-refractivity contribution in [2.24, 2.45) is 0 Å².